The van der Waals surface area contributed by atoms with Gasteiger partial charge >= 0.3 is 12.0 Å². The smallest absolute Gasteiger partial charge is 0.323 e. The molecule has 308 valence electrons. The maximum Gasteiger partial charge on any atom is 0.323 e. The first-order valence-electron chi connectivity index (χ1n) is 20.7. The number of nitrogens with one attached hydrogen (secondary N) is 2. The van der Waals surface area contributed by atoms with Crippen LogP contribution in [0.4, 0.5) is 16.2 Å². The fourth-order valence-corrected chi connectivity index (χ4v) is 8.76. The molecule has 2 unspecified atom stereocenters. The maximum absolute atomic E-state index is 15.3. The van der Waals surface area contributed by atoms with Gasteiger partial charge in [0.25, 0.3) is 5.91 Å². The van der Waals surface area contributed by atoms with E-state index in [1.165, 1.54) is 0 Å². The van der Waals surface area contributed by atoms with Gasteiger partial charge in [0.2, 0.25) is 5.91 Å². The van der Waals surface area contributed by atoms with E-state index >= 15 is 4.79 Å². The number of rotatable bonds is 12. The summed E-state index contributed by atoms with van der Waals surface area (Å²) in [6.07, 6.45) is 2.61. The highest BCUT2D eigenvalue weighted by Crippen LogP contribution is 2.36. The number of amides is 4. The molecule has 0 fully saturated rings. The van der Waals surface area contributed by atoms with Crippen LogP contribution in [-0.4, -0.2) is 62.6 Å². The third-order valence-electron chi connectivity index (χ3n) is 11.8. The van der Waals surface area contributed by atoms with Crippen molar-refractivity contribution in [3.63, 3.8) is 0 Å². The summed E-state index contributed by atoms with van der Waals surface area (Å²) < 4.78 is 0. The van der Waals surface area contributed by atoms with E-state index in [1.807, 2.05) is 130 Å². The quantitative estimate of drug-likeness (QED) is 0.108. The van der Waals surface area contributed by atoms with Crippen molar-refractivity contribution in [2.24, 2.45) is 5.92 Å². The van der Waals surface area contributed by atoms with Gasteiger partial charge in [0.1, 0.15) is 0 Å². The molecule has 5 aromatic carbocycles. The van der Waals surface area contributed by atoms with Crippen LogP contribution in [0.3, 0.4) is 0 Å². The number of carbonyl (C=O) groups is 5. The number of fused-ring (bicyclic) bond motifs is 2. The number of carboxylic acids is 1. The fraction of sp³-hybridized carbons (Fsp3) is 0.300. The third-order valence-corrected chi connectivity index (χ3v) is 11.8. The lowest BCUT2D eigenvalue weighted by Gasteiger charge is -2.45. The lowest BCUT2D eigenvalue weighted by molar-refractivity contribution is -0.144. The second-order valence-electron chi connectivity index (χ2n) is 16.7. The van der Waals surface area contributed by atoms with Crippen LogP contribution in [0.1, 0.15) is 87.2 Å². The van der Waals surface area contributed by atoms with Crippen LogP contribution in [0.25, 0.3) is 0 Å². The van der Waals surface area contributed by atoms with Gasteiger partial charge < -0.3 is 25.5 Å². The van der Waals surface area contributed by atoms with Crippen LogP contribution in [0, 0.1) is 12.8 Å². The molecule has 0 aromatic heterocycles. The SMILES string of the molecule is Cc1ccccc1NC(=O)Nc1ccc(CC(C)(C)N2C(=O)c3cc4c(cc3CCCC2C(=O)c2ccccc2)CN(CCc2ccccc2)C(=O)C(CC(=O)O)C4)cc1. The molecule has 3 N–H and O–H groups in total. The van der Waals surface area contributed by atoms with Crippen LogP contribution in [0.5, 0.6) is 0 Å². The highest BCUT2D eigenvalue weighted by atomic mass is 16.4. The zero-order valence-corrected chi connectivity index (χ0v) is 34.4. The number of aliphatic carboxylic acids is 1. The van der Waals surface area contributed by atoms with Crippen LogP contribution in [0.2, 0.25) is 0 Å². The predicted octanol–water partition coefficient (Wildman–Crippen LogP) is 8.91. The molecule has 0 spiro atoms. The van der Waals surface area contributed by atoms with Gasteiger partial charge in [-0.25, -0.2) is 4.79 Å². The Morgan fingerprint density at radius 2 is 1.47 bits per heavy atom. The lowest BCUT2D eigenvalue weighted by Crippen LogP contribution is -2.57. The second-order valence-corrected chi connectivity index (χ2v) is 16.7. The summed E-state index contributed by atoms with van der Waals surface area (Å²) >= 11 is 0. The van der Waals surface area contributed by atoms with E-state index in [-0.39, 0.29) is 36.5 Å². The largest absolute Gasteiger partial charge is 0.481 e. The van der Waals surface area contributed by atoms with Gasteiger partial charge in [-0.05, 0) is 117 Å². The minimum atomic E-state index is -1.05. The molecule has 2 aliphatic rings. The molecule has 2 aliphatic heterocycles. The standard InChI is InChI=1S/C50H52N4O6/c1-33-13-10-11-19-43(33)52-49(60)51-41-23-21-35(22-24-41)31-50(2,3)54-44(46(57)36-16-8-5-9-17-36)20-12-18-37-27-40-32-53(26-25-34-14-6-4-7-15-34)47(58)39(30-45(55)56)28-38(40)29-42(37)48(54)59/h4-11,13-17,19,21-24,27,29,39,44H,12,18,20,25-26,28,30-32H2,1-3H3,(H,55,56)(H2,51,52,60). The van der Waals surface area contributed by atoms with Gasteiger partial charge in [-0.15, -0.1) is 0 Å². The number of Topliss-reactive ketones (excluding diaryl/α,β-unsaturated/α-hetero) is 1. The molecule has 7 rings (SSSR count). The first-order chi connectivity index (χ1) is 28.9. The molecule has 10 heteroatoms. The maximum atomic E-state index is 15.3. The van der Waals surface area contributed by atoms with Crippen molar-refractivity contribution in [2.75, 3.05) is 17.2 Å². The molecule has 0 radical (unpaired) electrons. The number of carbonyl (C=O) groups excluding carboxylic acids is 4. The van der Waals surface area contributed by atoms with Crippen molar-refractivity contribution < 1.29 is 29.1 Å². The Kier molecular flexibility index (Phi) is 12.6. The Hall–Kier alpha value is -6.55. The number of nitrogens with zero attached hydrogens (tertiary/aromatic N) is 2. The van der Waals surface area contributed by atoms with E-state index in [1.54, 1.807) is 21.9 Å². The molecule has 2 atom stereocenters. The zero-order chi connectivity index (χ0) is 42.4. The number of hydrogen-bond acceptors (Lipinski definition) is 5. The van der Waals surface area contributed by atoms with Gasteiger partial charge in [0.05, 0.1) is 18.4 Å². The molecule has 0 saturated heterocycles. The summed E-state index contributed by atoms with van der Waals surface area (Å²) in [5.41, 5.74) is 6.98. The number of hydrogen-bond donors (Lipinski definition) is 3. The first kappa shape index (κ1) is 41.6. The van der Waals surface area contributed by atoms with E-state index in [0.29, 0.717) is 62.0 Å². The fourth-order valence-electron chi connectivity index (χ4n) is 8.76. The number of benzene rings is 5. The summed E-state index contributed by atoms with van der Waals surface area (Å²) in [4.78, 5) is 72.1. The summed E-state index contributed by atoms with van der Waals surface area (Å²) in [7, 11) is 0. The topological polar surface area (TPSA) is 136 Å². The molecule has 60 heavy (non-hydrogen) atoms. The van der Waals surface area contributed by atoms with E-state index in [4.69, 9.17) is 0 Å². The minimum Gasteiger partial charge on any atom is -0.481 e. The van der Waals surface area contributed by atoms with Crippen LogP contribution in [0.15, 0.2) is 121 Å². The Balaban J connectivity index is 1.19. The van der Waals surface area contributed by atoms with Gasteiger partial charge in [0.15, 0.2) is 5.78 Å². The van der Waals surface area contributed by atoms with E-state index in [2.05, 4.69) is 10.6 Å². The Morgan fingerprint density at radius 3 is 2.17 bits per heavy atom. The number of ketones is 1. The van der Waals surface area contributed by atoms with Gasteiger partial charge in [-0.3, -0.25) is 19.2 Å². The molecule has 4 amide bonds. The molecule has 10 nitrogen and oxygen atoms in total. The third kappa shape index (κ3) is 9.66. The van der Waals surface area contributed by atoms with Crippen molar-refractivity contribution in [3.05, 3.63) is 166 Å². The number of anilines is 2. The van der Waals surface area contributed by atoms with Crippen LogP contribution >= 0.6 is 0 Å². The molecule has 0 saturated carbocycles. The van der Waals surface area contributed by atoms with Crippen molar-refractivity contribution >= 4 is 41.0 Å². The van der Waals surface area contributed by atoms with Crippen molar-refractivity contribution in [3.8, 4) is 0 Å². The van der Waals surface area contributed by atoms with Gasteiger partial charge in [0, 0.05) is 41.1 Å². The predicted molar refractivity (Wildman–Crippen MR) is 233 cm³/mol. The average Bonchev–Trinajstić information content (AvgIpc) is 3.35. The zero-order valence-electron chi connectivity index (χ0n) is 34.4. The second kappa shape index (κ2) is 18.2. The van der Waals surface area contributed by atoms with E-state index < -0.39 is 23.5 Å². The Morgan fingerprint density at radius 1 is 0.783 bits per heavy atom. The summed E-state index contributed by atoms with van der Waals surface area (Å²) in [5, 5.41) is 15.6. The van der Waals surface area contributed by atoms with Crippen molar-refractivity contribution in [1.29, 1.82) is 0 Å². The Bertz CT molecular complexity index is 2380. The average molecular weight is 805 g/mol. The van der Waals surface area contributed by atoms with E-state index in [0.717, 1.165) is 39.1 Å². The highest BCUT2D eigenvalue weighted by molar-refractivity contribution is 6.05. The molecule has 5 aromatic rings. The molecular formula is C50H52N4O6. The first-order valence-corrected chi connectivity index (χ1v) is 20.7. The summed E-state index contributed by atoms with van der Waals surface area (Å²) in [5.74, 6) is -2.44. The van der Waals surface area contributed by atoms with Gasteiger partial charge in [-0.1, -0.05) is 97.1 Å². The van der Waals surface area contributed by atoms with Crippen molar-refractivity contribution in [2.45, 2.75) is 83.8 Å². The summed E-state index contributed by atoms with van der Waals surface area (Å²) in [6.45, 7) is 6.65. The van der Waals surface area contributed by atoms with Crippen molar-refractivity contribution in [1.82, 2.24) is 9.80 Å². The Labute approximate surface area is 351 Å². The highest BCUT2D eigenvalue weighted by Gasteiger charge is 2.42. The van der Waals surface area contributed by atoms with Crippen LogP contribution < -0.4 is 10.6 Å². The molecular weight excluding hydrogens is 753 g/mol. The van der Waals surface area contributed by atoms with E-state index in [9.17, 15) is 24.3 Å². The molecule has 0 aliphatic carbocycles. The lowest BCUT2D eigenvalue weighted by atomic mass is 9.83. The number of urea groups is 1. The number of aryl methyl sites for hydroxylation is 2. The van der Waals surface area contributed by atoms with Gasteiger partial charge in [-0.2, -0.15) is 0 Å². The monoisotopic (exact) mass is 804 g/mol. The van der Waals surface area contributed by atoms with Crippen LogP contribution in [-0.2, 0) is 41.8 Å². The number of para-hydroxylation sites is 1. The number of carboxylic acid groups (broad SMARTS) is 1. The summed E-state index contributed by atoms with van der Waals surface area (Å²) in [6, 6.07) is 36.8. The molecule has 2 heterocycles. The normalized spacial score (nSPS) is 16.8. The molecule has 0 bridgehead atoms. The minimum absolute atomic E-state index is 0.129.